The van der Waals surface area contributed by atoms with Crippen LogP contribution in [0.25, 0.3) is 0 Å². The topological polar surface area (TPSA) is 139 Å². The number of hydrogen-bond acceptors (Lipinski definition) is 8. The molecule has 308 valence electrons. The van der Waals surface area contributed by atoms with Crippen molar-refractivity contribution in [2.45, 2.75) is 142 Å². The van der Waals surface area contributed by atoms with E-state index in [0.717, 1.165) is 24.8 Å². The van der Waals surface area contributed by atoms with E-state index in [9.17, 15) is 19.2 Å². The highest BCUT2D eigenvalue weighted by Crippen LogP contribution is 2.30. The van der Waals surface area contributed by atoms with Gasteiger partial charge >= 0.3 is 0 Å². The molecule has 0 saturated carbocycles. The molecule has 0 spiro atoms. The van der Waals surface area contributed by atoms with Crippen molar-refractivity contribution in [1.82, 2.24) is 25.8 Å². The van der Waals surface area contributed by atoms with E-state index in [-0.39, 0.29) is 66.0 Å². The van der Waals surface area contributed by atoms with Gasteiger partial charge in [0.25, 0.3) is 0 Å². The van der Waals surface area contributed by atoms with Crippen molar-refractivity contribution in [1.29, 1.82) is 0 Å². The molecule has 54 heavy (non-hydrogen) atoms. The number of nitrogens with zero attached hydrogens (tertiary/aromatic N) is 2. The second-order valence-corrected chi connectivity index (χ2v) is 15.7. The molecule has 12 heteroatoms. The van der Waals surface area contributed by atoms with Crippen LogP contribution in [-0.4, -0.2) is 124 Å². The third-order valence-corrected chi connectivity index (χ3v) is 11.9. The van der Waals surface area contributed by atoms with Crippen LogP contribution in [0.1, 0.15) is 93.1 Å². The van der Waals surface area contributed by atoms with Crippen molar-refractivity contribution in [2.75, 3.05) is 42.0 Å². The van der Waals surface area contributed by atoms with Gasteiger partial charge in [0, 0.05) is 34.9 Å². The Bertz CT molecular complexity index is 1300. The number of nitrogens with one attached hydrogen (secondary N) is 3. The average Bonchev–Trinajstić information content (AvgIpc) is 3.65. The Morgan fingerprint density at radius 2 is 1.48 bits per heavy atom. The first kappa shape index (κ1) is 47.1. The molecule has 4 amide bonds. The Morgan fingerprint density at radius 1 is 0.852 bits per heavy atom. The van der Waals surface area contributed by atoms with E-state index in [4.69, 9.17) is 14.2 Å². The van der Waals surface area contributed by atoms with Gasteiger partial charge in [-0.3, -0.25) is 19.2 Å². The minimum atomic E-state index is -0.751. The van der Waals surface area contributed by atoms with Crippen molar-refractivity contribution in [3.8, 4) is 0 Å². The maximum Gasteiger partial charge on any atom is 0.245 e. The number of likely N-dealkylation sites (tertiary alicyclic amines) is 1. The summed E-state index contributed by atoms with van der Waals surface area (Å²) in [7, 11) is 8.32. The number of rotatable bonds is 23. The quantitative estimate of drug-likeness (QED) is 0.149. The SMILES string of the molecule is CC[C@H](C)[C@@H]([C@@H](CC(=O)N1CCC[C@H]1[C@H](OC)[C@@H](C)C(=O)NC(Cc1ccccc1)C(C)OC)OC)N(C)C(=O)[C@@H](NC(=O)[C@@H](NC)[C@@H](C)CC)C(C)C. The lowest BCUT2D eigenvalue weighted by Gasteiger charge is -2.41. The molecule has 1 aromatic carbocycles. The summed E-state index contributed by atoms with van der Waals surface area (Å²) < 4.78 is 17.7. The Labute approximate surface area is 326 Å². The van der Waals surface area contributed by atoms with Crippen LogP contribution < -0.4 is 16.0 Å². The summed E-state index contributed by atoms with van der Waals surface area (Å²) in [5.74, 6) is -1.32. The first-order chi connectivity index (χ1) is 25.6. The fraction of sp³-hybridized carbons (Fsp3) is 0.762. The van der Waals surface area contributed by atoms with Crippen LogP contribution in [0, 0.1) is 23.7 Å². The normalized spacial score (nSPS) is 20.2. The van der Waals surface area contributed by atoms with Gasteiger partial charge in [0.2, 0.25) is 23.6 Å². The summed E-state index contributed by atoms with van der Waals surface area (Å²) in [6.07, 6.45) is 2.37. The zero-order valence-corrected chi connectivity index (χ0v) is 35.5. The highest BCUT2D eigenvalue weighted by Gasteiger charge is 2.43. The van der Waals surface area contributed by atoms with Crippen LogP contribution in [0.4, 0.5) is 0 Å². The molecule has 0 radical (unpaired) electrons. The van der Waals surface area contributed by atoms with Crippen molar-refractivity contribution in [2.24, 2.45) is 23.7 Å². The molecule has 3 N–H and O–H groups in total. The second kappa shape index (κ2) is 23.1. The number of amides is 4. The van der Waals surface area contributed by atoms with Gasteiger partial charge in [-0.2, -0.15) is 0 Å². The maximum absolute atomic E-state index is 14.2. The lowest BCUT2D eigenvalue weighted by molar-refractivity contribution is -0.148. The van der Waals surface area contributed by atoms with Gasteiger partial charge in [0.05, 0.1) is 54.8 Å². The van der Waals surface area contributed by atoms with E-state index in [1.807, 2.05) is 76.8 Å². The third-order valence-electron chi connectivity index (χ3n) is 11.9. The van der Waals surface area contributed by atoms with Gasteiger partial charge in [0.15, 0.2) is 0 Å². The van der Waals surface area contributed by atoms with Gasteiger partial charge in [-0.1, -0.05) is 91.6 Å². The highest BCUT2D eigenvalue weighted by atomic mass is 16.5. The number of ether oxygens (including phenoxy) is 3. The van der Waals surface area contributed by atoms with Gasteiger partial charge in [-0.05, 0) is 56.6 Å². The number of hydrogen-bond donors (Lipinski definition) is 3. The zero-order valence-electron chi connectivity index (χ0n) is 35.5. The molecule has 0 bridgehead atoms. The highest BCUT2D eigenvalue weighted by molar-refractivity contribution is 5.90. The summed E-state index contributed by atoms with van der Waals surface area (Å²) in [6, 6.07) is 7.83. The molecule has 2 unspecified atom stereocenters. The fourth-order valence-electron chi connectivity index (χ4n) is 7.87. The smallest absolute Gasteiger partial charge is 0.245 e. The zero-order chi connectivity index (χ0) is 40.7. The minimum absolute atomic E-state index is 0.00600. The van der Waals surface area contributed by atoms with Crippen LogP contribution in [0.3, 0.4) is 0 Å². The summed E-state index contributed by atoms with van der Waals surface area (Å²) in [5, 5.41) is 9.35. The summed E-state index contributed by atoms with van der Waals surface area (Å²) >= 11 is 0. The summed E-state index contributed by atoms with van der Waals surface area (Å²) in [5.41, 5.74) is 1.10. The first-order valence-electron chi connectivity index (χ1n) is 20.1. The summed E-state index contributed by atoms with van der Waals surface area (Å²) in [4.78, 5) is 59.2. The number of methoxy groups -OCH3 is 3. The fourth-order valence-corrected chi connectivity index (χ4v) is 7.87. The number of likely N-dealkylation sites (N-methyl/N-ethyl adjacent to an activating group) is 2. The van der Waals surface area contributed by atoms with Crippen molar-refractivity contribution < 1.29 is 33.4 Å². The van der Waals surface area contributed by atoms with Gasteiger partial charge < -0.3 is 40.0 Å². The lowest BCUT2D eigenvalue weighted by Crippen LogP contribution is -2.59. The van der Waals surface area contributed by atoms with Crippen molar-refractivity contribution in [3.63, 3.8) is 0 Å². The first-order valence-corrected chi connectivity index (χ1v) is 20.1. The third kappa shape index (κ3) is 12.5. The molecule has 1 heterocycles. The number of carbonyl (C=O) groups excluding carboxylic acids is 4. The van der Waals surface area contributed by atoms with E-state index < -0.39 is 36.3 Å². The molecule has 1 aliphatic heterocycles. The van der Waals surface area contributed by atoms with E-state index in [2.05, 4.69) is 29.8 Å². The molecular weight excluding hydrogens is 686 g/mol. The number of benzene rings is 1. The molecule has 1 aliphatic rings. The minimum Gasteiger partial charge on any atom is -0.380 e. The van der Waals surface area contributed by atoms with E-state index in [1.165, 1.54) is 0 Å². The van der Waals surface area contributed by atoms with Gasteiger partial charge in [0.1, 0.15) is 6.04 Å². The van der Waals surface area contributed by atoms with Crippen LogP contribution in [-0.2, 0) is 39.8 Å². The Balaban J connectivity index is 2.27. The summed E-state index contributed by atoms with van der Waals surface area (Å²) in [6.45, 7) is 16.3. The predicted octanol–water partition coefficient (Wildman–Crippen LogP) is 4.44. The lowest BCUT2D eigenvalue weighted by atomic mass is 9.89. The molecule has 1 fully saturated rings. The molecule has 0 aromatic heterocycles. The van der Waals surface area contributed by atoms with Crippen LogP contribution in [0.2, 0.25) is 0 Å². The molecule has 2 rings (SSSR count). The molecule has 1 aromatic rings. The molecule has 12 nitrogen and oxygen atoms in total. The molecule has 1 saturated heterocycles. The molecular formula is C42H73N5O7. The van der Waals surface area contributed by atoms with Crippen molar-refractivity contribution >= 4 is 23.6 Å². The van der Waals surface area contributed by atoms with Crippen LogP contribution in [0.15, 0.2) is 30.3 Å². The van der Waals surface area contributed by atoms with Gasteiger partial charge in [-0.25, -0.2) is 0 Å². The average molecular weight is 760 g/mol. The van der Waals surface area contributed by atoms with E-state index >= 15 is 0 Å². The Hall–Kier alpha value is -3.06. The Morgan fingerprint density at radius 3 is 2.00 bits per heavy atom. The second-order valence-electron chi connectivity index (χ2n) is 15.7. The van der Waals surface area contributed by atoms with Gasteiger partial charge in [-0.15, -0.1) is 0 Å². The van der Waals surface area contributed by atoms with Crippen LogP contribution in [0.5, 0.6) is 0 Å². The number of carbonyl (C=O) groups is 4. The van der Waals surface area contributed by atoms with E-state index in [0.29, 0.717) is 19.4 Å². The maximum atomic E-state index is 14.2. The predicted molar refractivity (Wildman–Crippen MR) is 214 cm³/mol. The monoisotopic (exact) mass is 760 g/mol. The molecule has 0 aliphatic carbocycles. The standard InChI is InChI=1S/C42H73N5O7/c1-14-27(5)37(43-9)41(50)45-36(26(3)4)42(51)46(10)38(28(6)15-2)34(53-12)25-35(48)47-23-19-22-33(47)39(54-13)29(7)40(49)44-32(30(8)52-11)24-31-20-17-16-18-21-31/h16-18,20-21,26-30,32-34,36-39,43H,14-15,19,22-25H2,1-13H3,(H,44,49)(H,45,50)/t27-,28-,29+,30?,32?,33-,34+,36-,37-,38-,39+/m0/s1. The van der Waals surface area contributed by atoms with Crippen molar-refractivity contribution in [3.05, 3.63) is 35.9 Å². The Kier molecular flexibility index (Phi) is 20.2. The van der Waals surface area contributed by atoms with Crippen LogP contribution >= 0.6 is 0 Å². The van der Waals surface area contributed by atoms with E-state index in [1.54, 1.807) is 40.3 Å². The molecule has 11 atom stereocenters. The largest absolute Gasteiger partial charge is 0.380 e.